The normalized spacial score (nSPS) is 12.3. The van der Waals surface area contributed by atoms with E-state index in [-0.39, 0.29) is 5.56 Å². The van der Waals surface area contributed by atoms with Crippen molar-refractivity contribution in [2.75, 3.05) is 0 Å². The monoisotopic (exact) mass is 261 g/mol. The molecule has 1 N–H and O–H groups in total. The zero-order valence-corrected chi connectivity index (χ0v) is 9.68. The van der Waals surface area contributed by atoms with Gasteiger partial charge in [0, 0.05) is 0 Å². The molecule has 5 heteroatoms. The van der Waals surface area contributed by atoms with E-state index >= 15 is 0 Å². The van der Waals surface area contributed by atoms with Crippen LogP contribution in [0.25, 0.3) is 10.8 Å². The number of rotatable bonds is 3. The first-order valence-electron chi connectivity index (χ1n) is 5.47. The Morgan fingerprint density at radius 1 is 1.16 bits per heavy atom. The largest absolute Gasteiger partial charge is 0.481 e. The molecule has 0 radical (unpaired) electrons. The van der Waals surface area contributed by atoms with Gasteiger partial charge < -0.3 is 5.11 Å². The van der Waals surface area contributed by atoms with E-state index in [0.717, 1.165) is 0 Å². The van der Waals surface area contributed by atoms with Crippen molar-refractivity contribution in [3.05, 3.63) is 47.5 Å². The van der Waals surface area contributed by atoms with Crippen LogP contribution in [0.3, 0.4) is 0 Å². The maximum absolute atomic E-state index is 12.7. The minimum absolute atomic E-state index is 0.0553. The summed E-state index contributed by atoms with van der Waals surface area (Å²) in [6, 6.07) is 11.1. The first-order chi connectivity index (χ1) is 9.02. The molecule has 0 heterocycles. The fraction of sp³-hybridized carbons (Fsp3) is 0.143. The fourth-order valence-electron chi connectivity index (χ4n) is 1.92. The molecule has 2 aromatic rings. The van der Waals surface area contributed by atoms with Gasteiger partial charge >= 0.3 is 5.97 Å². The molecule has 0 fully saturated rings. The SMILES string of the molecule is N#Cc1ccc2cc(C(C(=O)O)C(F)F)ccc2c1. The number of benzene rings is 2. The summed E-state index contributed by atoms with van der Waals surface area (Å²) < 4.78 is 25.5. The zero-order valence-electron chi connectivity index (χ0n) is 9.68. The highest BCUT2D eigenvalue weighted by atomic mass is 19.3. The van der Waals surface area contributed by atoms with Gasteiger partial charge in [0.1, 0.15) is 5.92 Å². The van der Waals surface area contributed by atoms with Crippen LogP contribution in [0.4, 0.5) is 8.78 Å². The smallest absolute Gasteiger partial charge is 0.316 e. The van der Waals surface area contributed by atoms with Crippen LogP contribution in [0.15, 0.2) is 36.4 Å². The lowest BCUT2D eigenvalue weighted by molar-refractivity contribution is -0.142. The number of carbonyl (C=O) groups is 1. The number of nitrogens with zero attached hydrogens (tertiary/aromatic N) is 1. The molecule has 1 atom stereocenters. The highest BCUT2D eigenvalue weighted by Gasteiger charge is 2.29. The van der Waals surface area contributed by atoms with Crippen LogP contribution in [0.5, 0.6) is 0 Å². The van der Waals surface area contributed by atoms with Gasteiger partial charge in [-0.2, -0.15) is 5.26 Å². The molecular formula is C14H9F2NO2. The van der Waals surface area contributed by atoms with Crippen LogP contribution in [0.1, 0.15) is 17.0 Å². The number of hydrogen-bond acceptors (Lipinski definition) is 2. The van der Waals surface area contributed by atoms with Gasteiger partial charge in [-0.1, -0.05) is 24.3 Å². The van der Waals surface area contributed by atoms with Crippen LogP contribution in [0.2, 0.25) is 0 Å². The van der Waals surface area contributed by atoms with Gasteiger partial charge in [-0.3, -0.25) is 4.79 Å². The lowest BCUT2D eigenvalue weighted by atomic mass is 9.96. The summed E-state index contributed by atoms with van der Waals surface area (Å²) >= 11 is 0. The van der Waals surface area contributed by atoms with E-state index in [2.05, 4.69) is 0 Å². The number of nitriles is 1. The van der Waals surface area contributed by atoms with E-state index in [9.17, 15) is 13.6 Å². The maximum atomic E-state index is 12.7. The molecule has 19 heavy (non-hydrogen) atoms. The standard InChI is InChI=1S/C14H9F2NO2/c15-13(16)12(14(18)19)11-4-3-9-5-8(7-17)1-2-10(9)6-11/h1-6,12-13H,(H,18,19). The molecule has 0 saturated carbocycles. The second kappa shape index (κ2) is 5.02. The van der Waals surface area contributed by atoms with Crippen LogP contribution >= 0.6 is 0 Å². The first kappa shape index (κ1) is 13.0. The highest BCUT2D eigenvalue weighted by Crippen LogP contribution is 2.27. The average Bonchev–Trinajstić information content (AvgIpc) is 2.37. The quantitative estimate of drug-likeness (QED) is 0.923. The van der Waals surface area contributed by atoms with Crippen LogP contribution in [-0.4, -0.2) is 17.5 Å². The summed E-state index contributed by atoms with van der Waals surface area (Å²) in [5.74, 6) is -3.39. The minimum atomic E-state index is -2.96. The lowest BCUT2D eigenvalue weighted by Crippen LogP contribution is -2.19. The molecule has 2 rings (SSSR count). The summed E-state index contributed by atoms with van der Waals surface area (Å²) in [4.78, 5) is 10.9. The first-order valence-corrected chi connectivity index (χ1v) is 5.47. The van der Waals surface area contributed by atoms with E-state index in [1.54, 1.807) is 24.3 Å². The average molecular weight is 261 g/mol. The highest BCUT2D eigenvalue weighted by molar-refractivity contribution is 5.86. The summed E-state index contributed by atoms with van der Waals surface area (Å²) in [5.41, 5.74) is 0.517. The lowest BCUT2D eigenvalue weighted by Gasteiger charge is -2.12. The Balaban J connectivity index is 2.53. The van der Waals surface area contributed by atoms with E-state index in [0.29, 0.717) is 16.3 Å². The Labute approximate surface area is 107 Å². The molecule has 0 aliphatic carbocycles. The molecule has 0 aliphatic rings. The van der Waals surface area contributed by atoms with E-state index in [1.165, 1.54) is 12.1 Å². The number of halogens is 2. The Hall–Kier alpha value is -2.48. The van der Waals surface area contributed by atoms with Crippen molar-refractivity contribution < 1.29 is 18.7 Å². The van der Waals surface area contributed by atoms with E-state index in [4.69, 9.17) is 10.4 Å². The Bertz CT molecular complexity index is 677. The number of aliphatic carboxylic acids is 1. The molecule has 0 spiro atoms. The molecule has 0 bridgehead atoms. The van der Waals surface area contributed by atoms with Gasteiger partial charge in [0.05, 0.1) is 11.6 Å². The molecule has 0 aliphatic heterocycles. The summed E-state index contributed by atoms with van der Waals surface area (Å²) in [7, 11) is 0. The van der Waals surface area contributed by atoms with Gasteiger partial charge in [0.2, 0.25) is 0 Å². The zero-order chi connectivity index (χ0) is 14.0. The van der Waals surface area contributed by atoms with Gasteiger partial charge in [-0.05, 0) is 28.5 Å². The molecular weight excluding hydrogens is 252 g/mol. The third-order valence-electron chi connectivity index (χ3n) is 2.87. The summed E-state index contributed by atoms with van der Waals surface area (Å²) in [5, 5.41) is 18.9. The molecule has 1 unspecified atom stereocenters. The molecule has 96 valence electrons. The van der Waals surface area contributed by atoms with Crippen molar-refractivity contribution >= 4 is 16.7 Å². The van der Waals surface area contributed by atoms with Crippen molar-refractivity contribution in [2.45, 2.75) is 12.3 Å². The summed E-state index contributed by atoms with van der Waals surface area (Å²) in [6.45, 7) is 0. The third kappa shape index (κ3) is 2.52. The van der Waals surface area contributed by atoms with Crippen LogP contribution < -0.4 is 0 Å². The predicted molar refractivity (Wildman–Crippen MR) is 65.0 cm³/mol. The molecule has 0 amide bonds. The predicted octanol–water partition coefficient (Wildman–Crippen LogP) is 3.14. The summed E-state index contributed by atoms with van der Waals surface area (Å²) in [6.07, 6.45) is -2.96. The number of fused-ring (bicyclic) bond motifs is 1. The number of hydrogen-bond donors (Lipinski definition) is 1. The van der Waals surface area contributed by atoms with Crippen molar-refractivity contribution in [3.63, 3.8) is 0 Å². The maximum Gasteiger partial charge on any atom is 0.316 e. The Morgan fingerprint density at radius 3 is 2.37 bits per heavy atom. The molecule has 0 saturated heterocycles. The van der Waals surface area contributed by atoms with Crippen molar-refractivity contribution in [1.82, 2.24) is 0 Å². The van der Waals surface area contributed by atoms with Gasteiger partial charge in [-0.15, -0.1) is 0 Å². The van der Waals surface area contributed by atoms with Crippen molar-refractivity contribution in [3.8, 4) is 6.07 Å². The van der Waals surface area contributed by atoms with Gasteiger partial charge in [-0.25, -0.2) is 8.78 Å². The Kier molecular flexibility index (Phi) is 3.43. The number of carboxylic acids is 1. The number of alkyl halides is 2. The van der Waals surface area contributed by atoms with Gasteiger partial charge in [0.15, 0.2) is 0 Å². The molecule has 3 nitrogen and oxygen atoms in total. The third-order valence-corrected chi connectivity index (χ3v) is 2.87. The molecule has 0 aromatic heterocycles. The molecule has 2 aromatic carbocycles. The Morgan fingerprint density at radius 2 is 1.79 bits per heavy atom. The van der Waals surface area contributed by atoms with Crippen LogP contribution in [-0.2, 0) is 4.79 Å². The van der Waals surface area contributed by atoms with E-state index < -0.39 is 18.3 Å². The van der Waals surface area contributed by atoms with Crippen LogP contribution in [0, 0.1) is 11.3 Å². The second-order valence-electron chi connectivity index (χ2n) is 4.08. The topological polar surface area (TPSA) is 61.1 Å². The minimum Gasteiger partial charge on any atom is -0.481 e. The van der Waals surface area contributed by atoms with E-state index in [1.807, 2.05) is 6.07 Å². The fourth-order valence-corrected chi connectivity index (χ4v) is 1.92. The van der Waals surface area contributed by atoms with Gasteiger partial charge in [0.25, 0.3) is 6.43 Å². The van der Waals surface area contributed by atoms with Crippen molar-refractivity contribution in [1.29, 1.82) is 5.26 Å². The van der Waals surface area contributed by atoms with Crippen molar-refractivity contribution in [2.24, 2.45) is 0 Å². The number of carboxylic acid groups (broad SMARTS) is 1. The second-order valence-corrected chi connectivity index (χ2v) is 4.08.